The highest BCUT2D eigenvalue weighted by Gasteiger charge is 2.60. The summed E-state index contributed by atoms with van der Waals surface area (Å²) in [7, 11) is -0.456. The topological polar surface area (TPSA) is 27.7 Å². The molecule has 0 radical (unpaired) electrons. The van der Waals surface area contributed by atoms with Crippen molar-refractivity contribution < 1.29 is 14.0 Å². The molecule has 11 atom stereocenters. The number of hydrogen-bond acceptors (Lipinski definition) is 3. The van der Waals surface area contributed by atoms with Crippen LogP contribution in [-0.4, -0.2) is 25.6 Å². The van der Waals surface area contributed by atoms with E-state index in [4.69, 9.17) is 14.0 Å². The van der Waals surface area contributed by atoms with Gasteiger partial charge in [-0.2, -0.15) is 0 Å². The Morgan fingerprint density at radius 2 is 1.50 bits per heavy atom. The summed E-state index contributed by atoms with van der Waals surface area (Å²) in [5, 5.41) is 0. The molecule has 0 spiro atoms. The Morgan fingerprint density at radius 1 is 0.806 bits per heavy atom. The lowest BCUT2D eigenvalue weighted by Crippen LogP contribution is -2.55. The summed E-state index contributed by atoms with van der Waals surface area (Å²) in [5.74, 6) is 6.43. The van der Waals surface area contributed by atoms with Gasteiger partial charge in [-0.05, 0) is 130 Å². The molecule has 36 heavy (non-hydrogen) atoms. The molecule has 5 rings (SSSR count). The van der Waals surface area contributed by atoms with E-state index < -0.39 is 7.32 Å². The first-order valence-corrected chi connectivity index (χ1v) is 16.1. The van der Waals surface area contributed by atoms with E-state index in [9.17, 15) is 0 Å². The summed E-state index contributed by atoms with van der Waals surface area (Å²) in [6.45, 7) is 17.1. The monoisotopic (exact) mass is 500 g/mol. The normalized spacial score (nSPS) is 47.8. The second-order valence-corrected chi connectivity index (χ2v) is 15.1. The minimum atomic E-state index is -0.456. The molecule has 206 valence electrons. The number of hydrogen-bond donors (Lipinski definition) is 0. The van der Waals surface area contributed by atoms with Crippen molar-refractivity contribution >= 4 is 7.32 Å². The minimum absolute atomic E-state index is 0.229. The zero-order valence-electron chi connectivity index (χ0n) is 24.8. The van der Waals surface area contributed by atoms with Crippen LogP contribution in [0.2, 0.25) is 0 Å². The molecule has 2 unspecified atom stereocenters. The average molecular weight is 501 g/mol. The average Bonchev–Trinajstić information content (AvgIpc) is 3.15. The van der Waals surface area contributed by atoms with Crippen molar-refractivity contribution in [1.29, 1.82) is 0 Å². The quantitative estimate of drug-likeness (QED) is 0.327. The van der Waals surface area contributed by atoms with E-state index in [-0.39, 0.29) is 12.2 Å². The Kier molecular flexibility index (Phi) is 8.28. The Bertz CT molecular complexity index is 733. The molecule has 1 aliphatic heterocycles. The molecular weight excluding hydrogens is 443 g/mol. The number of fused-ring (bicyclic) bond motifs is 5. The summed E-state index contributed by atoms with van der Waals surface area (Å²) in [5.41, 5.74) is 1.12. The van der Waals surface area contributed by atoms with Crippen LogP contribution in [0.15, 0.2) is 0 Å². The maximum absolute atomic E-state index is 6.43. The van der Waals surface area contributed by atoms with Gasteiger partial charge in [0.1, 0.15) is 0 Å². The van der Waals surface area contributed by atoms with Crippen molar-refractivity contribution in [3.05, 3.63) is 0 Å². The second kappa shape index (κ2) is 10.8. The van der Waals surface area contributed by atoms with Crippen molar-refractivity contribution in [3.63, 3.8) is 0 Å². The first-order chi connectivity index (χ1) is 17.1. The van der Waals surface area contributed by atoms with Crippen LogP contribution in [0, 0.1) is 52.3 Å². The Balaban J connectivity index is 1.20. The fraction of sp³-hybridized carbons (Fsp3) is 1.00. The largest absolute Gasteiger partial charge is 0.640 e. The van der Waals surface area contributed by atoms with Gasteiger partial charge in [-0.15, -0.1) is 0 Å². The lowest BCUT2D eigenvalue weighted by Gasteiger charge is -2.61. The molecule has 4 aliphatic carbocycles. The Morgan fingerprint density at radius 3 is 2.22 bits per heavy atom. The third-order valence-electron chi connectivity index (χ3n) is 12.5. The molecule has 3 nitrogen and oxygen atoms in total. The van der Waals surface area contributed by atoms with E-state index in [2.05, 4.69) is 48.5 Å². The smallest absolute Gasteiger partial charge is 0.383 e. The summed E-state index contributed by atoms with van der Waals surface area (Å²) in [6, 6.07) is 0. The fourth-order valence-corrected chi connectivity index (χ4v) is 10.6. The maximum atomic E-state index is 6.43. The standard InChI is InChI=1S/C32H57BO3/c1-21(2)9-8-10-22(3)28-13-14-29-27-12-11-25-20-26(36-33-34-23(4)19-24(5)35-33)15-17-31(25,6)30(27)16-18-32(28,29)7/h21-30H,8-20H2,1-7H3/t22-,23?,24?,25+,26+,27+,28-,29+,30+,31+,32-/m1/s1. The molecule has 0 N–H and O–H groups in total. The Hall–Kier alpha value is -0.0551. The van der Waals surface area contributed by atoms with Gasteiger partial charge in [0, 0.05) is 18.3 Å². The highest BCUT2D eigenvalue weighted by atomic mass is 16.7. The molecule has 4 heteroatoms. The predicted molar refractivity (Wildman–Crippen MR) is 149 cm³/mol. The molecule has 0 aromatic heterocycles. The molecule has 4 saturated carbocycles. The molecular formula is C32H57BO3. The van der Waals surface area contributed by atoms with Crippen LogP contribution in [-0.2, 0) is 14.0 Å². The van der Waals surface area contributed by atoms with Crippen molar-refractivity contribution in [1.82, 2.24) is 0 Å². The van der Waals surface area contributed by atoms with Gasteiger partial charge in [0.25, 0.3) is 0 Å². The minimum Gasteiger partial charge on any atom is -0.383 e. The first kappa shape index (κ1) is 27.5. The van der Waals surface area contributed by atoms with Crippen LogP contribution in [0.1, 0.15) is 132 Å². The molecule has 0 aromatic carbocycles. The van der Waals surface area contributed by atoms with Gasteiger partial charge >= 0.3 is 7.32 Å². The highest BCUT2D eigenvalue weighted by molar-refractivity contribution is 6.36. The van der Waals surface area contributed by atoms with E-state index in [0.29, 0.717) is 16.9 Å². The van der Waals surface area contributed by atoms with E-state index in [1.54, 1.807) is 0 Å². The van der Waals surface area contributed by atoms with E-state index in [1.165, 1.54) is 77.0 Å². The van der Waals surface area contributed by atoms with E-state index >= 15 is 0 Å². The van der Waals surface area contributed by atoms with E-state index in [1.807, 2.05) is 0 Å². The molecule has 0 aromatic rings. The van der Waals surface area contributed by atoms with Gasteiger partial charge in [0.2, 0.25) is 0 Å². The van der Waals surface area contributed by atoms with Gasteiger partial charge < -0.3 is 14.0 Å². The van der Waals surface area contributed by atoms with Crippen LogP contribution in [0.5, 0.6) is 0 Å². The SMILES string of the molecule is CC(C)CCC[C@@H](C)[C@H]1CC[C@H]2[C@@H]3CC[C@H]4C[C@@H](OB5OC(C)CC(C)O5)CC[C@]4(C)[C@H]3CC[C@]12C. The molecule has 0 bridgehead atoms. The third-order valence-corrected chi connectivity index (χ3v) is 12.5. The molecule has 1 saturated heterocycles. The predicted octanol–water partition coefficient (Wildman–Crippen LogP) is 8.69. The lowest BCUT2D eigenvalue weighted by atomic mass is 9.44. The summed E-state index contributed by atoms with van der Waals surface area (Å²) in [4.78, 5) is 0. The van der Waals surface area contributed by atoms with Crippen LogP contribution < -0.4 is 0 Å². The maximum Gasteiger partial charge on any atom is 0.640 e. The summed E-state index contributed by atoms with van der Waals surface area (Å²) < 4.78 is 18.4. The van der Waals surface area contributed by atoms with Gasteiger partial charge in [-0.25, -0.2) is 0 Å². The van der Waals surface area contributed by atoms with Gasteiger partial charge in [0.15, 0.2) is 0 Å². The van der Waals surface area contributed by atoms with Crippen molar-refractivity contribution in [2.45, 2.75) is 150 Å². The van der Waals surface area contributed by atoms with Crippen LogP contribution in [0.4, 0.5) is 0 Å². The van der Waals surface area contributed by atoms with Crippen LogP contribution in [0.25, 0.3) is 0 Å². The zero-order chi connectivity index (χ0) is 25.7. The lowest BCUT2D eigenvalue weighted by molar-refractivity contribution is -0.133. The Labute approximate surface area is 223 Å². The highest BCUT2D eigenvalue weighted by Crippen LogP contribution is 2.68. The van der Waals surface area contributed by atoms with Gasteiger partial charge in [-0.3, -0.25) is 0 Å². The van der Waals surface area contributed by atoms with Crippen molar-refractivity contribution in [2.75, 3.05) is 0 Å². The molecule has 1 heterocycles. The summed E-state index contributed by atoms with van der Waals surface area (Å²) in [6.07, 6.45) is 18.6. The molecule has 5 fully saturated rings. The molecule has 5 aliphatic rings. The van der Waals surface area contributed by atoms with E-state index in [0.717, 1.165) is 47.8 Å². The van der Waals surface area contributed by atoms with Gasteiger partial charge in [-0.1, -0.05) is 53.9 Å². The van der Waals surface area contributed by atoms with Crippen molar-refractivity contribution in [3.8, 4) is 0 Å². The van der Waals surface area contributed by atoms with Crippen molar-refractivity contribution in [2.24, 2.45) is 52.3 Å². The number of rotatable bonds is 7. The third kappa shape index (κ3) is 5.23. The summed E-state index contributed by atoms with van der Waals surface area (Å²) >= 11 is 0. The van der Waals surface area contributed by atoms with Crippen LogP contribution in [0.3, 0.4) is 0 Å². The first-order valence-electron chi connectivity index (χ1n) is 16.1. The van der Waals surface area contributed by atoms with Crippen LogP contribution >= 0.6 is 0 Å². The fourth-order valence-electron chi connectivity index (χ4n) is 10.6. The van der Waals surface area contributed by atoms with Gasteiger partial charge in [0.05, 0.1) is 0 Å². The zero-order valence-corrected chi connectivity index (χ0v) is 24.8. The second-order valence-electron chi connectivity index (χ2n) is 15.1. The molecule has 0 amide bonds.